The van der Waals surface area contributed by atoms with E-state index in [9.17, 15) is 0 Å². The third-order valence-electron chi connectivity index (χ3n) is 5.16. The van der Waals surface area contributed by atoms with E-state index in [4.69, 9.17) is 47.5 Å². The average molecular weight is 544 g/mol. The lowest BCUT2D eigenvalue weighted by molar-refractivity contribution is -0.191. The molecule has 2 heterocycles. The van der Waals surface area contributed by atoms with Crippen molar-refractivity contribution in [3.8, 4) is 0 Å². The Balaban J connectivity index is 0.000000547. The van der Waals surface area contributed by atoms with Gasteiger partial charge in [-0.2, -0.15) is 9.59 Å². The van der Waals surface area contributed by atoms with Gasteiger partial charge in [-0.25, -0.2) is 0 Å². The van der Waals surface area contributed by atoms with Crippen LogP contribution in [0.4, 0.5) is 0 Å². The molecule has 1 saturated heterocycles. The number of piperidine rings is 1. The first-order chi connectivity index (χ1) is 15.4. The topological polar surface area (TPSA) is 96.3 Å². The summed E-state index contributed by atoms with van der Waals surface area (Å²) in [5.41, 5.74) is 3.25. The zero-order chi connectivity index (χ0) is 23.6. The Morgan fingerprint density at radius 2 is 1.78 bits per heavy atom. The predicted octanol–water partition coefficient (Wildman–Crippen LogP) is 5.03. The van der Waals surface area contributed by atoms with Gasteiger partial charge in [-0.3, -0.25) is 9.69 Å². The Morgan fingerprint density at radius 1 is 1.19 bits per heavy atom. The summed E-state index contributed by atoms with van der Waals surface area (Å²) in [5.74, 6) is 0. The zero-order valence-electron chi connectivity index (χ0n) is 17.0. The van der Waals surface area contributed by atoms with E-state index in [1.807, 2.05) is 30.3 Å². The average Bonchev–Trinajstić information content (AvgIpc) is 3.19. The van der Waals surface area contributed by atoms with E-state index in [1.54, 1.807) is 0 Å². The maximum atomic E-state index is 8.36. The Hall–Kier alpha value is -2.22. The fraction of sp³-hybridized carbons (Fsp3) is 0.318. The van der Waals surface area contributed by atoms with Crippen molar-refractivity contribution in [3.05, 3.63) is 68.1 Å². The van der Waals surface area contributed by atoms with Gasteiger partial charge >= 0.3 is 6.15 Å². The van der Waals surface area contributed by atoms with E-state index in [2.05, 4.69) is 38.1 Å². The molecule has 32 heavy (non-hydrogen) atoms. The second kappa shape index (κ2) is 12.7. The first-order valence-electron chi connectivity index (χ1n) is 9.61. The van der Waals surface area contributed by atoms with E-state index in [-0.39, 0.29) is 18.2 Å². The predicted molar refractivity (Wildman–Crippen MR) is 124 cm³/mol. The Kier molecular flexibility index (Phi) is 10.4. The molecule has 10 heteroatoms. The molecule has 1 N–H and O–H groups in total. The number of carboxylic acid groups (broad SMARTS) is 1. The summed E-state index contributed by atoms with van der Waals surface area (Å²) in [7, 11) is 0. The van der Waals surface area contributed by atoms with Crippen LogP contribution in [0, 0.1) is 0 Å². The van der Waals surface area contributed by atoms with Crippen LogP contribution in [0.3, 0.4) is 0 Å². The molecule has 0 aliphatic carbocycles. The van der Waals surface area contributed by atoms with Crippen molar-refractivity contribution in [2.24, 2.45) is 5.16 Å². The molecule has 2 aromatic rings. The van der Waals surface area contributed by atoms with Crippen molar-refractivity contribution >= 4 is 57.5 Å². The van der Waals surface area contributed by atoms with Gasteiger partial charge in [0, 0.05) is 43.4 Å². The molecule has 0 saturated carbocycles. The lowest BCUT2D eigenvalue weighted by Gasteiger charge is -2.37. The molecule has 2 aliphatic heterocycles. The molecule has 7 nitrogen and oxygen atoms in total. The summed E-state index contributed by atoms with van der Waals surface area (Å²) in [6.07, 6.45) is 3.10. The van der Waals surface area contributed by atoms with Crippen molar-refractivity contribution < 1.29 is 24.3 Å². The van der Waals surface area contributed by atoms with Crippen LogP contribution in [0.2, 0.25) is 10.0 Å². The highest BCUT2D eigenvalue weighted by molar-refractivity contribution is 9.10. The minimum atomic E-state index is -0.250. The number of oxime groups is 1. The van der Waals surface area contributed by atoms with E-state index in [1.165, 1.54) is 0 Å². The molecule has 2 aliphatic rings. The minimum absolute atomic E-state index is 0.139. The van der Waals surface area contributed by atoms with Crippen molar-refractivity contribution in [1.29, 1.82) is 0 Å². The first kappa shape index (κ1) is 26.0. The third kappa shape index (κ3) is 7.15. The third-order valence-corrected chi connectivity index (χ3v) is 6.82. The number of hydrogen-bond acceptors (Lipinski definition) is 6. The molecule has 0 unspecified atom stereocenters. The van der Waals surface area contributed by atoms with Gasteiger partial charge in [0.25, 0.3) is 6.47 Å². The Bertz CT molecular complexity index is 951. The molecule has 0 aromatic heterocycles. The number of likely N-dealkylation sites (tertiary alicyclic amines) is 1. The van der Waals surface area contributed by atoms with E-state index in [0.29, 0.717) is 10.0 Å². The van der Waals surface area contributed by atoms with Gasteiger partial charge in [0.15, 0.2) is 0 Å². The van der Waals surface area contributed by atoms with Gasteiger partial charge in [0.2, 0.25) is 0 Å². The second-order valence-corrected chi connectivity index (χ2v) is 8.83. The molecule has 4 rings (SSSR count). The van der Waals surface area contributed by atoms with Crippen molar-refractivity contribution in [1.82, 2.24) is 4.90 Å². The molecule has 0 atom stereocenters. The van der Waals surface area contributed by atoms with Crippen molar-refractivity contribution in [2.75, 3.05) is 13.1 Å². The van der Waals surface area contributed by atoms with Gasteiger partial charge in [0.1, 0.15) is 5.60 Å². The van der Waals surface area contributed by atoms with Crippen LogP contribution in [0.1, 0.15) is 30.4 Å². The highest BCUT2D eigenvalue weighted by atomic mass is 79.9. The number of halogens is 3. The Morgan fingerprint density at radius 3 is 2.34 bits per heavy atom. The number of rotatable bonds is 3. The summed E-state index contributed by atoms with van der Waals surface area (Å²) in [6.45, 7) is 2.57. The van der Waals surface area contributed by atoms with E-state index in [0.717, 1.165) is 60.2 Å². The fourth-order valence-electron chi connectivity index (χ4n) is 3.65. The maximum Gasteiger partial charge on any atom is 0.373 e. The zero-order valence-corrected chi connectivity index (χ0v) is 20.1. The van der Waals surface area contributed by atoms with Crippen LogP contribution in [0.25, 0.3) is 0 Å². The smallest absolute Gasteiger partial charge is 0.373 e. The van der Waals surface area contributed by atoms with Gasteiger partial charge in [0.05, 0.1) is 15.8 Å². The monoisotopic (exact) mass is 542 g/mol. The quantitative estimate of drug-likeness (QED) is 0.430. The highest BCUT2D eigenvalue weighted by Crippen LogP contribution is 2.37. The van der Waals surface area contributed by atoms with Gasteiger partial charge in [-0.1, -0.05) is 58.7 Å². The lowest BCUT2D eigenvalue weighted by Crippen LogP contribution is -2.44. The number of benzene rings is 2. The first-order valence-corrected chi connectivity index (χ1v) is 11.2. The van der Waals surface area contributed by atoms with Crippen LogP contribution in [0.5, 0.6) is 0 Å². The van der Waals surface area contributed by atoms with Gasteiger partial charge in [-0.15, -0.1) is 0 Å². The highest BCUT2D eigenvalue weighted by Gasteiger charge is 2.42. The van der Waals surface area contributed by atoms with E-state index >= 15 is 0 Å². The SMILES string of the molecule is Clc1cc(CN2CCC3(CC2)CC(c2ccccc2)=NO3)cc(Br)c1Cl.O=C=O.O=CO. The fourth-order valence-corrected chi connectivity index (χ4v) is 4.62. The standard InChI is InChI=1S/C20H19BrCl2N2O.CH2O2.CO2/c21-16-10-14(11-17(22)19(16)23)13-25-8-6-20(7-9-25)12-18(24-26-20)15-4-2-1-3-5-15;2*2-1-3/h1-5,10-11H,6-9,12-13H2;1H,(H,2,3);. The summed E-state index contributed by atoms with van der Waals surface area (Å²) in [4.78, 5) is 33.0. The summed E-state index contributed by atoms with van der Waals surface area (Å²) >= 11 is 15.8. The van der Waals surface area contributed by atoms with Crippen LogP contribution in [0.15, 0.2) is 52.1 Å². The molecule has 1 spiro atoms. The van der Waals surface area contributed by atoms with E-state index < -0.39 is 0 Å². The maximum absolute atomic E-state index is 8.36. The molecule has 1 fully saturated rings. The number of hydrogen-bond donors (Lipinski definition) is 1. The molecule has 170 valence electrons. The normalized spacial score (nSPS) is 16.4. The number of nitrogens with zero attached hydrogens (tertiary/aromatic N) is 2. The minimum Gasteiger partial charge on any atom is -0.483 e. The van der Waals surface area contributed by atoms with Gasteiger partial charge < -0.3 is 9.94 Å². The molecule has 0 radical (unpaired) electrons. The Labute approximate surface area is 204 Å². The number of carbonyl (C=O) groups excluding carboxylic acids is 2. The van der Waals surface area contributed by atoms with Crippen LogP contribution in [-0.2, 0) is 25.8 Å². The largest absolute Gasteiger partial charge is 0.483 e. The van der Waals surface area contributed by atoms with Crippen LogP contribution < -0.4 is 0 Å². The summed E-state index contributed by atoms with van der Waals surface area (Å²) < 4.78 is 0.843. The number of carbonyl (C=O) groups is 1. The lowest BCUT2D eigenvalue weighted by atomic mass is 9.85. The molecular weight excluding hydrogens is 523 g/mol. The molecule has 2 aromatic carbocycles. The second-order valence-electron chi connectivity index (χ2n) is 7.19. The van der Waals surface area contributed by atoms with Gasteiger partial charge in [-0.05, 0) is 39.2 Å². The molecule has 0 bridgehead atoms. The molecule has 0 amide bonds. The van der Waals surface area contributed by atoms with Crippen molar-refractivity contribution in [2.45, 2.75) is 31.4 Å². The van der Waals surface area contributed by atoms with Crippen LogP contribution >= 0.6 is 39.1 Å². The summed E-state index contributed by atoms with van der Waals surface area (Å²) in [6, 6.07) is 14.3. The van der Waals surface area contributed by atoms with Crippen molar-refractivity contribution in [3.63, 3.8) is 0 Å². The van der Waals surface area contributed by atoms with Crippen LogP contribution in [-0.4, -0.2) is 47.0 Å². The molecular formula is C22H21BrCl2N2O5. The summed E-state index contributed by atoms with van der Waals surface area (Å²) in [5, 5.41) is 12.4.